The lowest BCUT2D eigenvalue weighted by atomic mass is 10.1. The molecule has 1 saturated heterocycles. The number of amides is 4. The van der Waals surface area contributed by atoms with Crippen molar-refractivity contribution < 1.29 is 52.1 Å². The molecule has 230 valence electrons. The molecule has 2 rings (SSSR count). The van der Waals surface area contributed by atoms with E-state index in [0.29, 0.717) is 12.0 Å². The van der Waals surface area contributed by atoms with Crippen LogP contribution in [0.4, 0.5) is 4.79 Å². The number of nitrogens with one attached hydrogen (secondary N) is 3. The summed E-state index contributed by atoms with van der Waals surface area (Å²) in [6, 6.07) is 3.64. The van der Waals surface area contributed by atoms with E-state index in [-0.39, 0.29) is 19.6 Å². The number of carboxylic acid groups (broad SMARTS) is 2. The average Bonchev–Trinajstić information content (AvgIpc) is 3.39. The minimum Gasteiger partial charge on any atom is -0.481 e. The molecule has 15 nitrogen and oxygen atoms in total. The molecule has 4 amide bonds. The molecular weight excluding hydrogens is 576 g/mol. The zero-order valence-electron chi connectivity index (χ0n) is 23.0. The fourth-order valence-corrected chi connectivity index (χ4v) is 4.57. The molecule has 1 fully saturated rings. The topological polar surface area (TPSA) is 226 Å². The Morgan fingerprint density at radius 3 is 2.26 bits per heavy atom. The monoisotopic (exact) mass is 610 g/mol. The predicted octanol–water partition coefficient (Wildman–Crippen LogP) is -0.230. The van der Waals surface area contributed by atoms with E-state index in [2.05, 4.69) is 16.0 Å². The lowest BCUT2D eigenvalue weighted by Crippen LogP contribution is -2.56. The van der Waals surface area contributed by atoms with Crippen molar-refractivity contribution in [1.29, 1.82) is 0 Å². The number of carbonyl (C=O) groups is 6. The van der Waals surface area contributed by atoms with Crippen LogP contribution < -0.4 is 16.0 Å². The first-order chi connectivity index (χ1) is 19.7. The summed E-state index contributed by atoms with van der Waals surface area (Å²) in [6.45, 7) is 1.34. The molecule has 5 N–H and O–H groups in total. The minimum absolute atomic E-state index is 0.126. The van der Waals surface area contributed by atoms with Crippen LogP contribution in [0.15, 0.2) is 41.8 Å². The third kappa shape index (κ3) is 11.6. The van der Waals surface area contributed by atoms with Crippen molar-refractivity contribution in [2.24, 2.45) is 0 Å². The van der Waals surface area contributed by atoms with Crippen LogP contribution in [-0.2, 0) is 45.2 Å². The maximum Gasteiger partial charge on any atom is 0.408 e. The van der Waals surface area contributed by atoms with Crippen molar-refractivity contribution in [3.05, 3.63) is 47.4 Å². The molecule has 0 unspecified atom stereocenters. The molecule has 0 radical (unpaired) electrons. The van der Waals surface area contributed by atoms with E-state index >= 15 is 0 Å². The molecule has 0 saturated carbocycles. The zero-order valence-corrected chi connectivity index (χ0v) is 23.8. The second-order valence-electron chi connectivity index (χ2n) is 9.65. The van der Waals surface area contributed by atoms with Crippen molar-refractivity contribution in [2.75, 3.05) is 12.8 Å². The number of hydrogen-bond acceptors (Lipinski definition) is 9. The summed E-state index contributed by atoms with van der Waals surface area (Å²) in [4.78, 5) is 74.8. The summed E-state index contributed by atoms with van der Waals surface area (Å²) >= 11 is 0. The van der Waals surface area contributed by atoms with Gasteiger partial charge >= 0.3 is 18.0 Å². The largest absolute Gasteiger partial charge is 0.481 e. The summed E-state index contributed by atoms with van der Waals surface area (Å²) < 4.78 is 27.9. The molecule has 16 heteroatoms. The Balaban J connectivity index is 2.03. The molecule has 0 bridgehead atoms. The van der Waals surface area contributed by atoms with Crippen LogP contribution in [0.25, 0.3) is 0 Å². The summed E-state index contributed by atoms with van der Waals surface area (Å²) in [6.07, 6.45) is 0.140. The second kappa shape index (κ2) is 15.5. The van der Waals surface area contributed by atoms with E-state index in [1.54, 1.807) is 30.3 Å². The molecule has 0 aromatic heterocycles. The fourth-order valence-electron chi connectivity index (χ4n) is 4.09. The molecule has 1 aromatic rings. The summed E-state index contributed by atoms with van der Waals surface area (Å²) in [7, 11) is -3.60. The van der Waals surface area contributed by atoms with Gasteiger partial charge in [-0.25, -0.2) is 13.2 Å². The number of ether oxygens (including phenoxy) is 1. The van der Waals surface area contributed by atoms with Gasteiger partial charge in [-0.1, -0.05) is 36.4 Å². The van der Waals surface area contributed by atoms with Crippen LogP contribution in [0.1, 0.15) is 38.2 Å². The second-order valence-corrected chi connectivity index (χ2v) is 11.6. The molecule has 42 heavy (non-hydrogen) atoms. The molecule has 0 spiro atoms. The van der Waals surface area contributed by atoms with Crippen molar-refractivity contribution >= 4 is 45.6 Å². The first-order valence-electron chi connectivity index (χ1n) is 12.9. The Morgan fingerprint density at radius 1 is 1.02 bits per heavy atom. The van der Waals surface area contributed by atoms with Gasteiger partial charge in [0.25, 0.3) is 0 Å². The Kier molecular flexibility index (Phi) is 12.5. The van der Waals surface area contributed by atoms with Crippen LogP contribution in [0.5, 0.6) is 0 Å². The van der Waals surface area contributed by atoms with Crippen LogP contribution in [0, 0.1) is 0 Å². The van der Waals surface area contributed by atoms with E-state index in [9.17, 15) is 42.3 Å². The Hall–Kier alpha value is -4.47. The quantitative estimate of drug-likeness (QED) is 0.185. The number of likely N-dealkylation sites (tertiary alicyclic amines) is 1. The molecule has 1 heterocycles. The van der Waals surface area contributed by atoms with E-state index < -0.39 is 82.6 Å². The van der Waals surface area contributed by atoms with Gasteiger partial charge in [-0.15, -0.1) is 0 Å². The summed E-state index contributed by atoms with van der Waals surface area (Å²) in [5, 5.41) is 26.1. The van der Waals surface area contributed by atoms with Gasteiger partial charge in [-0.3, -0.25) is 24.0 Å². The minimum atomic E-state index is -3.60. The van der Waals surface area contributed by atoms with Gasteiger partial charge in [0.1, 0.15) is 24.7 Å². The molecule has 1 aliphatic heterocycles. The van der Waals surface area contributed by atoms with Crippen LogP contribution in [0.3, 0.4) is 0 Å². The van der Waals surface area contributed by atoms with Crippen LogP contribution in [-0.4, -0.2) is 96.3 Å². The molecule has 1 aromatic carbocycles. The third-order valence-electron chi connectivity index (χ3n) is 6.05. The predicted molar refractivity (Wildman–Crippen MR) is 146 cm³/mol. The van der Waals surface area contributed by atoms with E-state index in [1.165, 1.54) is 11.8 Å². The summed E-state index contributed by atoms with van der Waals surface area (Å²) in [5.74, 6) is -5.04. The number of rotatable bonds is 14. The van der Waals surface area contributed by atoms with Crippen molar-refractivity contribution in [2.45, 2.75) is 63.4 Å². The van der Waals surface area contributed by atoms with Gasteiger partial charge in [-0.2, -0.15) is 0 Å². The highest BCUT2D eigenvalue weighted by atomic mass is 32.2. The van der Waals surface area contributed by atoms with Gasteiger partial charge in [0.2, 0.25) is 17.7 Å². The zero-order chi connectivity index (χ0) is 31.4. The highest BCUT2D eigenvalue weighted by Gasteiger charge is 2.37. The normalized spacial score (nSPS) is 17.1. The Morgan fingerprint density at radius 2 is 1.67 bits per heavy atom. The SMILES string of the molecule is C[C@H](NC(=O)[C@H](CC(=O)O)NC(=O)OCc1ccccc1)C(=O)N1CCC[C@@H]1C(=O)N[C@H](/C=C/S(C)(=O)=O)CC(=O)O. The lowest BCUT2D eigenvalue weighted by Gasteiger charge is -2.28. The molecular formula is C26H34N4O11S. The van der Waals surface area contributed by atoms with E-state index in [4.69, 9.17) is 9.84 Å². The number of hydrogen-bond donors (Lipinski definition) is 5. The highest BCUT2D eigenvalue weighted by molar-refractivity contribution is 7.93. The van der Waals surface area contributed by atoms with Crippen LogP contribution >= 0.6 is 0 Å². The van der Waals surface area contributed by atoms with Gasteiger partial charge < -0.3 is 35.8 Å². The Bertz CT molecular complexity index is 1300. The number of carbonyl (C=O) groups excluding carboxylic acids is 4. The fraction of sp³-hybridized carbons (Fsp3) is 0.462. The average molecular weight is 611 g/mol. The standard InChI is InChI=1S/C26H34N4O11S/c1-16(27-23(35)19(14-22(33)34)29-26(38)41-15-17-7-4-3-5-8-17)25(37)30-11-6-9-20(30)24(36)28-18(13-21(31)32)10-12-42(2,39)40/h3-5,7-8,10,12,16,18-20H,6,9,11,13-15H2,1-2H3,(H,27,35)(H,28,36)(H,29,38)(H,31,32)(H,33,34)/b12-10+/t16-,18+,19-,20+/m0/s1. The van der Waals surface area contributed by atoms with Crippen molar-refractivity contribution in [1.82, 2.24) is 20.9 Å². The first-order valence-corrected chi connectivity index (χ1v) is 14.8. The van der Waals surface area contributed by atoms with E-state index in [0.717, 1.165) is 17.7 Å². The lowest BCUT2D eigenvalue weighted by molar-refractivity contribution is -0.143. The van der Waals surface area contributed by atoms with Gasteiger partial charge in [0, 0.05) is 18.2 Å². The number of aliphatic carboxylic acids is 2. The van der Waals surface area contributed by atoms with Gasteiger partial charge in [0.15, 0.2) is 9.84 Å². The maximum absolute atomic E-state index is 13.2. The Labute approximate surface area is 242 Å². The van der Waals surface area contributed by atoms with E-state index in [1.807, 2.05) is 0 Å². The smallest absolute Gasteiger partial charge is 0.408 e. The highest BCUT2D eigenvalue weighted by Crippen LogP contribution is 2.19. The summed E-state index contributed by atoms with van der Waals surface area (Å²) in [5.41, 5.74) is 0.663. The number of sulfone groups is 1. The molecule has 0 aliphatic carbocycles. The first kappa shape index (κ1) is 33.7. The maximum atomic E-state index is 13.2. The third-order valence-corrected chi connectivity index (χ3v) is 6.70. The number of alkyl carbamates (subject to hydrolysis) is 1. The van der Waals surface area contributed by atoms with Gasteiger partial charge in [-0.05, 0) is 25.3 Å². The molecule has 4 atom stereocenters. The molecule has 1 aliphatic rings. The van der Waals surface area contributed by atoms with Crippen LogP contribution in [0.2, 0.25) is 0 Å². The van der Waals surface area contributed by atoms with Crippen molar-refractivity contribution in [3.63, 3.8) is 0 Å². The van der Waals surface area contributed by atoms with Gasteiger partial charge in [0.05, 0.1) is 18.9 Å². The van der Waals surface area contributed by atoms with Crippen molar-refractivity contribution in [3.8, 4) is 0 Å². The number of nitrogens with zero attached hydrogens (tertiary/aromatic N) is 1. The number of carboxylic acids is 2. The number of benzene rings is 1.